The molecule has 0 bridgehead atoms. The third kappa shape index (κ3) is 7.15. The number of ether oxygens (including phenoxy) is 1. The SMILES string of the molecule is C=C(C)C[C@@H](NC(=O)[C@@H](Cc1cccc(F)c1)NC(C)=O)C(=O)OC. The number of hydrogen-bond donors (Lipinski definition) is 2. The van der Waals surface area contributed by atoms with Crippen LogP contribution in [0.15, 0.2) is 36.4 Å². The van der Waals surface area contributed by atoms with Gasteiger partial charge in [0, 0.05) is 13.3 Å². The zero-order valence-corrected chi connectivity index (χ0v) is 14.6. The van der Waals surface area contributed by atoms with E-state index in [1.165, 1.54) is 32.2 Å². The van der Waals surface area contributed by atoms with Gasteiger partial charge < -0.3 is 15.4 Å². The number of hydrogen-bond acceptors (Lipinski definition) is 4. The average Bonchev–Trinajstić information content (AvgIpc) is 2.52. The molecule has 25 heavy (non-hydrogen) atoms. The summed E-state index contributed by atoms with van der Waals surface area (Å²) >= 11 is 0. The number of benzene rings is 1. The molecule has 0 saturated heterocycles. The van der Waals surface area contributed by atoms with Crippen molar-refractivity contribution in [3.8, 4) is 0 Å². The van der Waals surface area contributed by atoms with Gasteiger partial charge in [-0.05, 0) is 31.0 Å². The number of nitrogens with one attached hydrogen (secondary N) is 2. The lowest BCUT2D eigenvalue weighted by Gasteiger charge is -2.22. The normalized spacial score (nSPS) is 12.6. The van der Waals surface area contributed by atoms with Crippen LogP contribution in [-0.4, -0.2) is 37.0 Å². The van der Waals surface area contributed by atoms with E-state index in [0.29, 0.717) is 11.1 Å². The number of halogens is 1. The molecule has 0 heterocycles. The van der Waals surface area contributed by atoms with Crippen LogP contribution in [-0.2, 0) is 25.5 Å². The smallest absolute Gasteiger partial charge is 0.328 e. The van der Waals surface area contributed by atoms with Crippen LogP contribution in [0.25, 0.3) is 0 Å². The van der Waals surface area contributed by atoms with E-state index >= 15 is 0 Å². The van der Waals surface area contributed by atoms with Crippen molar-refractivity contribution in [2.75, 3.05) is 7.11 Å². The molecular weight excluding hydrogens is 327 g/mol. The lowest BCUT2D eigenvalue weighted by atomic mass is 10.0. The summed E-state index contributed by atoms with van der Waals surface area (Å²) in [6, 6.07) is 3.89. The van der Waals surface area contributed by atoms with Crippen molar-refractivity contribution in [3.63, 3.8) is 0 Å². The highest BCUT2D eigenvalue weighted by molar-refractivity contribution is 5.90. The van der Waals surface area contributed by atoms with Crippen LogP contribution in [0.5, 0.6) is 0 Å². The van der Waals surface area contributed by atoms with E-state index in [9.17, 15) is 18.8 Å². The zero-order chi connectivity index (χ0) is 19.0. The van der Waals surface area contributed by atoms with E-state index in [0.717, 1.165) is 0 Å². The second-order valence-corrected chi connectivity index (χ2v) is 5.83. The Hall–Kier alpha value is -2.70. The van der Waals surface area contributed by atoms with Gasteiger partial charge >= 0.3 is 5.97 Å². The van der Waals surface area contributed by atoms with Gasteiger partial charge in [-0.1, -0.05) is 17.7 Å². The van der Waals surface area contributed by atoms with Crippen molar-refractivity contribution in [2.45, 2.75) is 38.8 Å². The maximum Gasteiger partial charge on any atom is 0.328 e. The lowest BCUT2D eigenvalue weighted by molar-refractivity contribution is -0.145. The predicted molar refractivity (Wildman–Crippen MR) is 91.1 cm³/mol. The van der Waals surface area contributed by atoms with E-state index in [1.54, 1.807) is 13.0 Å². The van der Waals surface area contributed by atoms with Crippen LogP contribution in [0.2, 0.25) is 0 Å². The van der Waals surface area contributed by atoms with Crippen molar-refractivity contribution in [1.29, 1.82) is 0 Å². The van der Waals surface area contributed by atoms with Gasteiger partial charge in [-0.15, -0.1) is 6.58 Å². The Morgan fingerprint density at radius 2 is 1.88 bits per heavy atom. The van der Waals surface area contributed by atoms with E-state index in [-0.39, 0.29) is 12.8 Å². The van der Waals surface area contributed by atoms with Crippen LogP contribution in [0.4, 0.5) is 4.39 Å². The molecule has 0 spiro atoms. The Labute approximate surface area is 146 Å². The summed E-state index contributed by atoms with van der Waals surface area (Å²) in [4.78, 5) is 35.7. The molecule has 0 aliphatic carbocycles. The highest BCUT2D eigenvalue weighted by Gasteiger charge is 2.27. The maximum absolute atomic E-state index is 13.3. The van der Waals surface area contributed by atoms with Crippen molar-refractivity contribution < 1.29 is 23.5 Å². The average molecular weight is 350 g/mol. The lowest BCUT2D eigenvalue weighted by Crippen LogP contribution is -2.52. The van der Waals surface area contributed by atoms with Gasteiger partial charge in [-0.25, -0.2) is 9.18 Å². The highest BCUT2D eigenvalue weighted by atomic mass is 19.1. The second kappa shape index (κ2) is 9.56. The Balaban J connectivity index is 2.92. The van der Waals surface area contributed by atoms with E-state index in [2.05, 4.69) is 21.9 Å². The summed E-state index contributed by atoms with van der Waals surface area (Å²) < 4.78 is 18.0. The van der Waals surface area contributed by atoms with Crippen molar-refractivity contribution in [3.05, 3.63) is 47.8 Å². The molecule has 0 aromatic heterocycles. The van der Waals surface area contributed by atoms with Crippen molar-refractivity contribution >= 4 is 17.8 Å². The summed E-state index contributed by atoms with van der Waals surface area (Å²) in [6.07, 6.45) is 0.301. The fourth-order valence-corrected chi connectivity index (χ4v) is 2.31. The maximum atomic E-state index is 13.3. The predicted octanol–water partition coefficient (Wildman–Crippen LogP) is 1.50. The highest BCUT2D eigenvalue weighted by Crippen LogP contribution is 2.09. The van der Waals surface area contributed by atoms with E-state index in [4.69, 9.17) is 0 Å². The molecule has 6 nitrogen and oxygen atoms in total. The third-order valence-corrected chi connectivity index (χ3v) is 3.38. The van der Waals surface area contributed by atoms with Gasteiger partial charge in [0.1, 0.15) is 17.9 Å². The van der Waals surface area contributed by atoms with Gasteiger partial charge in [0.15, 0.2) is 0 Å². The first-order valence-electron chi connectivity index (χ1n) is 7.77. The molecule has 0 saturated carbocycles. The molecule has 1 aromatic rings. The van der Waals surface area contributed by atoms with Gasteiger partial charge in [0.2, 0.25) is 11.8 Å². The van der Waals surface area contributed by atoms with E-state index < -0.39 is 35.7 Å². The minimum Gasteiger partial charge on any atom is -0.467 e. The van der Waals surface area contributed by atoms with E-state index in [1.807, 2.05) is 0 Å². The van der Waals surface area contributed by atoms with Gasteiger partial charge in [0.25, 0.3) is 0 Å². The zero-order valence-electron chi connectivity index (χ0n) is 14.6. The first-order valence-corrected chi connectivity index (χ1v) is 7.77. The molecule has 0 aliphatic heterocycles. The summed E-state index contributed by atoms with van der Waals surface area (Å²) in [5, 5.41) is 5.07. The monoisotopic (exact) mass is 350 g/mol. The molecule has 1 aromatic carbocycles. The summed E-state index contributed by atoms with van der Waals surface area (Å²) in [7, 11) is 1.22. The number of rotatable bonds is 8. The summed E-state index contributed by atoms with van der Waals surface area (Å²) in [5.41, 5.74) is 1.24. The quantitative estimate of drug-likeness (QED) is 0.550. The largest absolute Gasteiger partial charge is 0.467 e. The number of methoxy groups -OCH3 is 1. The summed E-state index contributed by atoms with van der Waals surface area (Å²) in [6.45, 7) is 6.72. The fourth-order valence-electron chi connectivity index (χ4n) is 2.31. The molecule has 7 heteroatoms. The molecule has 0 aliphatic rings. The Morgan fingerprint density at radius 3 is 2.40 bits per heavy atom. The van der Waals surface area contributed by atoms with Gasteiger partial charge in [-0.2, -0.15) is 0 Å². The molecule has 1 rings (SSSR count). The Morgan fingerprint density at radius 1 is 1.20 bits per heavy atom. The molecule has 2 N–H and O–H groups in total. The molecule has 0 unspecified atom stereocenters. The first-order chi connectivity index (χ1) is 11.7. The molecule has 2 amide bonds. The Kier molecular flexibility index (Phi) is 7.78. The molecule has 0 radical (unpaired) electrons. The minimum atomic E-state index is -0.948. The third-order valence-electron chi connectivity index (χ3n) is 3.38. The van der Waals surface area contributed by atoms with Gasteiger partial charge in [-0.3, -0.25) is 9.59 Å². The molecule has 0 fully saturated rings. The van der Waals surface area contributed by atoms with Gasteiger partial charge in [0.05, 0.1) is 7.11 Å². The molecule has 2 atom stereocenters. The number of carbonyl (C=O) groups is 3. The number of esters is 1. The van der Waals surface area contributed by atoms with Crippen LogP contribution in [0, 0.1) is 5.82 Å². The molecule has 136 valence electrons. The fraction of sp³-hybridized carbons (Fsp3) is 0.389. The van der Waals surface area contributed by atoms with Crippen LogP contribution < -0.4 is 10.6 Å². The molecular formula is C18H23FN2O4. The first kappa shape index (κ1) is 20.3. The van der Waals surface area contributed by atoms with Crippen molar-refractivity contribution in [2.24, 2.45) is 0 Å². The number of amides is 2. The standard InChI is InChI=1S/C18H23FN2O4/c1-11(2)8-16(18(24)25-4)21-17(23)15(20-12(3)22)10-13-6-5-7-14(19)9-13/h5-7,9,15-16H,1,8,10H2,2-4H3,(H,20,22)(H,21,23)/t15-,16-/m1/s1. The van der Waals surface area contributed by atoms with Crippen LogP contribution >= 0.6 is 0 Å². The minimum absolute atomic E-state index is 0.0874. The second-order valence-electron chi connectivity index (χ2n) is 5.83. The summed E-state index contributed by atoms with van der Waals surface area (Å²) in [5.74, 6) is -2.01. The Bertz CT molecular complexity index is 660. The van der Waals surface area contributed by atoms with Crippen LogP contribution in [0.3, 0.4) is 0 Å². The van der Waals surface area contributed by atoms with Crippen LogP contribution in [0.1, 0.15) is 25.8 Å². The topological polar surface area (TPSA) is 84.5 Å². The van der Waals surface area contributed by atoms with Crippen molar-refractivity contribution in [1.82, 2.24) is 10.6 Å². The number of carbonyl (C=O) groups excluding carboxylic acids is 3.